The average Bonchev–Trinajstić information content (AvgIpc) is 2.51. The quantitative estimate of drug-likeness (QED) is 0.766. The molecule has 0 heterocycles. The number of alkyl halides is 3. The van der Waals surface area contributed by atoms with Crippen molar-refractivity contribution in [2.75, 3.05) is 18.5 Å². The lowest BCUT2D eigenvalue weighted by molar-refractivity contribution is -0.187. The minimum absolute atomic E-state index is 0.130. The molecule has 1 aromatic rings. The SMILES string of the molecule is CCC(C)(C)C(=O)Nc1ccc(OCC(=O)OCC(F)(F)F)cc1. The molecule has 0 atom stereocenters. The summed E-state index contributed by atoms with van der Waals surface area (Å²) in [6, 6.07) is 6.12. The van der Waals surface area contributed by atoms with Gasteiger partial charge in [-0.15, -0.1) is 0 Å². The fourth-order valence-electron chi connectivity index (χ4n) is 1.44. The van der Waals surface area contributed by atoms with Gasteiger partial charge < -0.3 is 14.8 Å². The molecule has 0 spiro atoms. The number of halogens is 3. The first-order valence-electron chi connectivity index (χ1n) is 7.30. The van der Waals surface area contributed by atoms with Gasteiger partial charge in [0.15, 0.2) is 13.2 Å². The van der Waals surface area contributed by atoms with Crippen LogP contribution in [0.2, 0.25) is 0 Å². The van der Waals surface area contributed by atoms with Gasteiger partial charge in [-0.1, -0.05) is 20.8 Å². The number of nitrogens with one attached hydrogen (secondary N) is 1. The molecule has 0 fully saturated rings. The lowest BCUT2D eigenvalue weighted by atomic mass is 9.89. The molecule has 0 aromatic heterocycles. The van der Waals surface area contributed by atoms with Gasteiger partial charge in [-0.25, -0.2) is 4.79 Å². The molecule has 0 saturated carbocycles. The summed E-state index contributed by atoms with van der Waals surface area (Å²) in [7, 11) is 0. The zero-order chi connectivity index (χ0) is 18.4. The van der Waals surface area contributed by atoms with Crippen molar-refractivity contribution in [3.63, 3.8) is 0 Å². The van der Waals surface area contributed by atoms with Crippen LogP contribution in [0.25, 0.3) is 0 Å². The van der Waals surface area contributed by atoms with Gasteiger partial charge in [-0.3, -0.25) is 4.79 Å². The molecule has 1 rings (SSSR count). The maximum absolute atomic E-state index is 12.0. The zero-order valence-electron chi connectivity index (χ0n) is 13.7. The van der Waals surface area contributed by atoms with E-state index < -0.39 is 30.8 Å². The predicted octanol–water partition coefficient (Wildman–Crippen LogP) is 3.55. The smallest absolute Gasteiger partial charge is 0.422 e. The summed E-state index contributed by atoms with van der Waals surface area (Å²) >= 11 is 0. The van der Waals surface area contributed by atoms with E-state index in [0.717, 1.165) is 0 Å². The van der Waals surface area contributed by atoms with Gasteiger partial charge in [-0.2, -0.15) is 13.2 Å². The van der Waals surface area contributed by atoms with Gasteiger partial charge >= 0.3 is 12.1 Å². The van der Waals surface area contributed by atoms with Crippen LogP contribution >= 0.6 is 0 Å². The van der Waals surface area contributed by atoms with E-state index in [-0.39, 0.29) is 11.7 Å². The summed E-state index contributed by atoms with van der Waals surface area (Å²) < 4.78 is 44.7. The third-order valence-corrected chi connectivity index (χ3v) is 3.36. The number of carbonyl (C=O) groups is 2. The molecular weight excluding hydrogens is 327 g/mol. The second-order valence-corrected chi connectivity index (χ2v) is 5.78. The van der Waals surface area contributed by atoms with Crippen LogP contribution in [0.4, 0.5) is 18.9 Å². The normalized spacial score (nSPS) is 11.8. The number of benzene rings is 1. The molecule has 0 radical (unpaired) electrons. The Morgan fingerprint density at radius 1 is 1.12 bits per heavy atom. The van der Waals surface area contributed by atoms with Crippen molar-refractivity contribution in [2.24, 2.45) is 5.41 Å². The molecule has 0 saturated heterocycles. The molecule has 5 nitrogen and oxygen atoms in total. The summed E-state index contributed by atoms with van der Waals surface area (Å²) in [5.41, 5.74) is 0.0470. The number of hydrogen-bond acceptors (Lipinski definition) is 4. The van der Waals surface area contributed by atoms with Gasteiger partial charge in [0.05, 0.1) is 0 Å². The van der Waals surface area contributed by atoms with Crippen molar-refractivity contribution >= 4 is 17.6 Å². The molecule has 24 heavy (non-hydrogen) atoms. The third kappa shape index (κ3) is 6.89. The zero-order valence-corrected chi connectivity index (χ0v) is 13.7. The minimum atomic E-state index is -4.57. The van der Waals surface area contributed by atoms with Crippen LogP contribution in [0.3, 0.4) is 0 Å². The minimum Gasteiger partial charge on any atom is -0.482 e. The van der Waals surface area contributed by atoms with E-state index in [1.807, 2.05) is 20.8 Å². The Kier molecular flexibility index (Phi) is 6.62. The fourth-order valence-corrected chi connectivity index (χ4v) is 1.44. The fraction of sp³-hybridized carbons (Fsp3) is 0.500. The number of carbonyl (C=O) groups excluding carboxylic acids is 2. The van der Waals surface area contributed by atoms with Crippen LogP contribution in [0.15, 0.2) is 24.3 Å². The van der Waals surface area contributed by atoms with Crippen molar-refractivity contribution in [1.29, 1.82) is 0 Å². The number of hydrogen-bond donors (Lipinski definition) is 1. The molecule has 0 aliphatic carbocycles. The van der Waals surface area contributed by atoms with E-state index in [1.165, 1.54) is 12.1 Å². The highest BCUT2D eigenvalue weighted by Crippen LogP contribution is 2.23. The first-order chi connectivity index (χ1) is 11.0. The Bertz CT molecular complexity index is 568. The summed E-state index contributed by atoms with van der Waals surface area (Å²) in [5.74, 6) is -0.976. The van der Waals surface area contributed by atoms with Crippen LogP contribution in [0, 0.1) is 5.41 Å². The van der Waals surface area contributed by atoms with Crippen molar-refractivity contribution in [3.8, 4) is 5.75 Å². The summed E-state index contributed by atoms with van der Waals surface area (Å²) in [6.45, 7) is 3.28. The van der Waals surface area contributed by atoms with Crippen molar-refractivity contribution in [3.05, 3.63) is 24.3 Å². The Morgan fingerprint density at radius 2 is 1.71 bits per heavy atom. The van der Waals surface area contributed by atoms with Gasteiger partial charge in [0, 0.05) is 11.1 Å². The van der Waals surface area contributed by atoms with Crippen LogP contribution in [0.5, 0.6) is 5.75 Å². The largest absolute Gasteiger partial charge is 0.482 e. The molecule has 0 aliphatic rings. The molecule has 8 heteroatoms. The second-order valence-electron chi connectivity index (χ2n) is 5.78. The van der Waals surface area contributed by atoms with Gasteiger partial charge in [0.2, 0.25) is 5.91 Å². The van der Waals surface area contributed by atoms with E-state index in [2.05, 4.69) is 10.1 Å². The van der Waals surface area contributed by atoms with E-state index in [1.54, 1.807) is 12.1 Å². The molecule has 134 valence electrons. The van der Waals surface area contributed by atoms with E-state index >= 15 is 0 Å². The molecule has 0 unspecified atom stereocenters. The number of rotatable bonds is 7. The van der Waals surface area contributed by atoms with Crippen LogP contribution in [-0.2, 0) is 14.3 Å². The Hall–Kier alpha value is -2.25. The number of amides is 1. The number of ether oxygens (including phenoxy) is 2. The molecular formula is C16H20F3NO4. The highest BCUT2D eigenvalue weighted by molar-refractivity contribution is 5.94. The summed E-state index contributed by atoms with van der Waals surface area (Å²) in [6.07, 6.45) is -3.89. The topological polar surface area (TPSA) is 64.6 Å². The van der Waals surface area contributed by atoms with Crippen molar-refractivity contribution < 1.29 is 32.2 Å². The Balaban J connectivity index is 2.48. The molecule has 0 aliphatic heterocycles. The van der Waals surface area contributed by atoms with Crippen molar-refractivity contribution in [1.82, 2.24) is 0 Å². The molecule has 1 N–H and O–H groups in total. The maximum Gasteiger partial charge on any atom is 0.422 e. The van der Waals surface area contributed by atoms with Crippen molar-refractivity contribution in [2.45, 2.75) is 33.4 Å². The first-order valence-corrected chi connectivity index (χ1v) is 7.30. The maximum atomic E-state index is 12.0. The highest BCUT2D eigenvalue weighted by Gasteiger charge is 2.29. The van der Waals surface area contributed by atoms with E-state index in [4.69, 9.17) is 4.74 Å². The third-order valence-electron chi connectivity index (χ3n) is 3.36. The van der Waals surface area contributed by atoms with Crippen LogP contribution < -0.4 is 10.1 Å². The van der Waals surface area contributed by atoms with Gasteiger partial charge in [-0.05, 0) is 30.7 Å². The van der Waals surface area contributed by atoms with Gasteiger partial charge in [0.1, 0.15) is 5.75 Å². The molecule has 1 aromatic carbocycles. The highest BCUT2D eigenvalue weighted by atomic mass is 19.4. The molecule has 0 bridgehead atoms. The predicted molar refractivity (Wildman–Crippen MR) is 81.7 cm³/mol. The summed E-state index contributed by atoms with van der Waals surface area (Å²) in [5, 5.41) is 2.75. The van der Waals surface area contributed by atoms with E-state index in [9.17, 15) is 22.8 Å². The summed E-state index contributed by atoms with van der Waals surface area (Å²) in [4.78, 5) is 23.1. The lowest BCUT2D eigenvalue weighted by Crippen LogP contribution is -2.29. The van der Waals surface area contributed by atoms with Crippen LogP contribution in [-0.4, -0.2) is 31.3 Å². The first kappa shape index (κ1) is 19.8. The molecule has 1 amide bonds. The number of anilines is 1. The Labute approximate surface area is 138 Å². The standard InChI is InChI=1S/C16H20F3NO4/c1-4-15(2,3)14(22)20-11-5-7-12(8-6-11)23-9-13(21)24-10-16(17,18)19/h5-8H,4,9-10H2,1-3H3,(H,20,22). The van der Waals surface area contributed by atoms with E-state index in [0.29, 0.717) is 12.1 Å². The average molecular weight is 347 g/mol. The lowest BCUT2D eigenvalue weighted by Gasteiger charge is -2.21. The van der Waals surface area contributed by atoms with Gasteiger partial charge in [0.25, 0.3) is 0 Å². The number of esters is 1. The monoisotopic (exact) mass is 347 g/mol. The van der Waals surface area contributed by atoms with Crippen LogP contribution in [0.1, 0.15) is 27.2 Å². The Morgan fingerprint density at radius 3 is 2.21 bits per heavy atom. The second kappa shape index (κ2) is 8.03.